The normalized spacial score (nSPS) is 18.4. The van der Waals surface area contributed by atoms with E-state index in [9.17, 15) is 9.59 Å². The summed E-state index contributed by atoms with van der Waals surface area (Å²) in [6, 6.07) is 11.9. The van der Waals surface area contributed by atoms with Crippen LogP contribution in [-0.2, 0) is 4.79 Å². The molecule has 1 aromatic heterocycles. The SMILES string of the molecule is CCN1CCN(c2ccc(-c3cccc4ncc(C=C5SC(=O)NC5=O)nc34)cc2Cl)CC1. The number of hydrogen-bond donors (Lipinski definition) is 1. The zero-order valence-electron chi connectivity index (χ0n) is 18.0. The standard InChI is InChI=1S/C24H22ClN5O2S/c1-2-29-8-10-30(11-9-29)20-7-6-15(12-18(20)25)17-4-3-5-19-22(17)27-16(14-26-19)13-21-23(31)28-24(32)33-21/h3-7,12-14H,2,8-11H2,1H3,(H,28,31,32). The van der Waals surface area contributed by atoms with E-state index in [1.807, 2.05) is 24.3 Å². The van der Waals surface area contributed by atoms with E-state index in [1.54, 1.807) is 12.3 Å². The highest BCUT2D eigenvalue weighted by molar-refractivity contribution is 8.18. The van der Waals surface area contributed by atoms with E-state index in [0.717, 1.165) is 66.8 Å². The summed E-state index contributed by atoms with van der Waals surface area (Å²) >= 11 is 7.59. The highest BCUT2D eigenvalue weighted by Gasteiger charge is 2.25. The lowest BCUT2D eigenvalue weighted by molar-refractivity contribution is -0.115. The van der Waals surface area contributed by atoms with E-state index in [1.165, 1.54) is 0 Å². The van der Waals surface area contributed by atoms with Gasteiger partial charge in [-0.15, -0.1) is 0 Å². The first-order valence-electron chi connectivity index (χ1n) is 10.8. The minimum absolute atomic E-state index is 0.307. The highest BCUT2D eigenvalue weighted by atomic mass is 35.5. The summed E-state index contributed by atoms with van der Waals surface area (Å²) in [5.74, 6) is -0.415. The Morgan fingerprint density at radius 3 is 2.67 bits per heavy atom. The number of para-hydroxylation sites is 1. The first kappa shape index (κ1) is 21.9. The molecule has 0 spiro atoms. The number of hydrogen-bond acceptors (Lipinski definition) is 7. The lowest BCUT2D eigenvalue weighted by Gasteiger charge is -2.36. The summed E-state index contributed by atoms with van der Waals surface area (Å²) in [7, 11) is 0. The molecule has 168 valence electrons. The molecule has 9 heteroatoms. The fourth-order valence-electron chi connectivity index (χ4n) is 4.14. The van der Waals surface area contributed by atoms with E-state index in [-0.39, 0.29) is 5.24 Å². The van der Waals surface area contributed by atoms with Crippen LogP contribution in [0, 0.1) is 0 Å². The summed E-state index contributed by atoms with van der Waals surface area (Å²) in [5.41, 5.74) is 4.86. The first-order valence-corrected chi connectivity index (χ1v) is 12.0. The number of halogens is 1. The predicted octanol–water partition coefficient (Wildman–Crippen LogP) is 4.42. The number of imide groups is 1. The van der Waals surface area contributed by atoms with Crippen LogP contribution in [0.15, 0.2) is 47.5 Å². The molecule has 3 heterocycles. The molecule has 0 saturated carbocycles. The Morgan fingerprint density at radius 1 is 1.15 bits per heavy atom. The second-order valence-electron chi connectivity index (χ2n) is 7.91. The van der Waals surface area contributed by atoms with Crippen molar-refractivity contribution in [3.63, 3.8) is 0 Å². The van der Waals surface area contributed by atoms with Crippen molar-refractivity contribution in [2.75, 3.05) is 37.6 Å². The van der Waals surface area contributed by atoms with E-state index in [2.05, 4.69) is 39.2 Å². The Hall–Kier alpha value is -2.94. The Labute approximate surface area is 200 Å². The average molecular weight is 480 g/mol. The van der Waals surface area contributed by atoms with Gasteiger partial charge in [-0.2, -0.15) is 0 Å². The minimum atomic E-state index is -0.415. The van der Waals surface area contributed by atoms with Crippen LogP contribution in [0.25, 0.3) is 28.2 Å². The van der Waals surface area contributed by atoms with Crippen molar-refractivity contribution in [2.24, 2.45) is 0 Å². The Balaban J connectivity index is 1.48. The number of fused-ring (bicyclic) bond motifs is 1. The van der Waals surface area contributed by atoms with Crippen LogP contribution < -0.4 is 10.2 Å². The van der Waals surface area contributed by atoms with Gasteiger partial charge >= 0.3 is 0 Å². The summed E-state index contributed by atoms with van der Waals surface area (Å²) in [4.78, 5) is 37.6. The molecule has 3 aromatic rings. The average Bonchev–Trinajstić information content (AvgIpc) is 3.15. The topological polar surface area (TPSA) is 78.4 Å². The van der Waals surface area contributed by atoms with Crippen molar-refractivity contribution < 1.29 is 9.59 Å². The number of anilines is 1. The van der Waals surface area contributed by atoms with Crippen molar-refractivity contribution in [3.05, 3.63) is 58.2 Å². The quantitative estimate of drug-likeness (QED) is 0.555. The van der Waals surface area contributed by atoms with Gasteiger partial charge in [0.15, 0.2) is 0 Å². The molecular formula is C24H22ClN5O2S. The van der Waals surface area contributed by atoms with Crippen LogP contribution in [0.4, 0.5) is 10.5 Å². The Morgan fingerprint density at radius 2 is 1.97 bits per heavy atom. The van der Waals surface area contributed by atoms with Gasteiger partial charge in [0.2, 0.25) is 0 Å². The predicted molar refractivity (Wildman–Crippen MR) is 133 cm³/mol. The molecule has 2 saturated heterocycles. The number of carbonyl (C=O) groups excluding carboxylic acids is 2. The molecule has 5 rings (SSSR count). The van der Waals surface area contributed by atoms with Gasteiger partial charge < -0.3 is 9.80 Å². The van der Waals surface area contributed by atoms with E-state index in [4.69, 9.17) is 16.6 Å². The maximum atomic E-state index is 11.9. The number of amides is 2. The molecule has 0 unspecified atom stereocenters. The minimum Gasteiger partial charge on any atom is -0.368 e. The van der Waals surface area contributed by atoms with Crippen LogP contribution in [0.5, 0.6) is 0 Å². The van der Waals surface area contributed by atoms with Crippen molar-refractivity contribution in [1.82, 2.24) is 20.2 Å². The molecule has 2 aromatic carbocycles. The van der Waals surface area contributed by atoms with Gasteiger partial charge in [-0.1, -0.05) is 36.7 Å². The number of carbonyl (C=O) groups is 2. The zero-order chi connectivity index (χ0) is 22.9. The first-order chi connectivity index (χ1) is 16.0. The lowest BCUT2D eigenvalue weighted by atomic mass is 10.0. The number of likely N-dealkylation sites (N-methyl/N-ethyl adjacent to an activating group) is 1. The Bertz CT molecular complexity index is 1290. The number of piperazine rings is 1. The van der Waals surface area contributed by atoms with Crippen molar-refractivity contribution in [1.29, 1.82) is 0 Å². The van der Waals surface area contributed by atoms with Crippen LogP contribution in [0.3, 0.4) is 0 Å². The van der Waals surface area contributed by atoms with Gasteiger partial charge in [-0.05, 0) is 48.1 Å². The zero-order valence-corrected chi connectivity index (χ0v) is 19.6. The van der Waals surface area contributed by atoms with Crippen molar-refractivity contribution in [3.8, 4) is 11.1 Å². The molecule has 0 atom stereocenters. The fourth-order valence-corrected chi connectivity index (χ4v) is 5.11. The number of rotatable bonds is 4. The third kappa shape index (κ3) is 4.46. The molecule has 0 aliphatic carbocycles. The summed E-state index contributed by atoms with van der Waals surface area (Å²) < 4.78 is 0. The molecule has 2 aliphatic heterocycles. The van der Waals surface area contributed by atoms with Gasteiger partial charge in [0.05, 0.1) is 38.5 Å². The van der Waals surface area contributed by atoms with Crippen LogP contribution in [0.2, 0.25) is 5.02 Å². The van der Waals surface area contributed by atoms with Crippen molar-refractivity contribution >= 4 is 57.3 Å². The van der Waals surface area contributed by atoms with Crippen molar-refractivity contribution in [2.45, 2.75) is 6.92 Å². The summed E-state index contributed by atoms with van der Waals surface area (Å²) in [5, 5.41) is 2.58. The molecule has 2 aliphatic rings. The maximum absolute atomic E-state index is 11.9. The van der Waals surface area contributed by atoms with Gasteiger partial charge in [0.1, 0.15) is 0 Å². The smallest absolute Gasteiger partial charge is 0.290 e. The third-order valence-corrected chi connectivity index (χ3v) is 7.04. The maximum Gasteiger partial charge on any atom is 0.290 e. The second kappa shape index (κ2) is 9.13. The fraction of sp³-hybridized carbons (Fsp3) is 0.250. The number of aromatic nitrogens is 2. The largest absolute Gasteiger partial charge is 0.368 e. The van der Waals surface area contributed by atoms with E-state index >= 15 is 0 Å². The molecule has 2 amide bonds. The summed E-state index contributed by atoms with van der Waals surface area (Å²) in [6.07, 6.45) is 3.18. The van der Waals surface area contributed by atoms with Crippen LogP contribution in [-0.4, -0.2) is 58.7 Å². The van der Waals surface area contributed by atoms with Crippen LogP contribution in [0.1, 0.15) is 12.6 Å². The number of nitrogens with one attached hydrogen (secondary N) is 1. The van der Waals surface area contributed by atoms with Gasteiger partial charge in [-0.3, -0.25) is 19.9 Å². The Kier molecular flexibility index (Phi) is 6.05. The molecular weight excluding hydrogens is 458 g/mol. The van der Waals surface area contributed by atoms with Gasteiger partial charge in [0.25, 0.3) is 11.1 Å². The number of thioether (sulfide) groups is 1. The number of nitrogens with zero attached hydrogens (tertiary/aromatic N) is 4. The highest BCUT2D eigenvalue weighted by Crippen LogP contribution is 2.34. The third-order valence-electron chi connectivity index (χ3n) is 5.93. The monoisotopic (exact) mass is 479 g/mol. The second-order valence-corrected chi connectivity index (χ2v) is 9.33. The lowest BCUT2D eigenvalue weighted by Crippen LogP contribution is -2.46. The van der Waals surface area contributed by atoms with Gasteiger partial charge in [-0.25, -0.2) is 4.98 Å². The molecule has 7 nitrogen and oxygen atoms in total. The summed E-state index contributed by atoms with van der Waals surface area (Å²) in [6.45, 7) is 7.24. The van der Waals surface area contributed by atoms with E-state index in [0.29, 0.717) is 21.1 Å². The van der Waals surface area contributed by atoms with E-state index < -0.39 is 5.91 Å². The molecule has 1 N–H and O–H groups in total. The molecule has 0 radical (unpaired) electrons. The van der Waals surface area contributed by atoms with Crippen LogP contribution >= 0.6 is 23.4 Å². The van der Waals surface area contributed by atoms with Gasteiger partial charge in [0, 0.05) is 31.7 Å². The molecule has 2 fully saturated rings. The molecule has 0 bridgehead atoms. The molecule has 33 heavy (non-hydrogen) atoms. The number of benzene rings is 2.